The second-order valence-electron chi connectivity index (χ2n) is 4.42. The number of carbonyl (C=O) groups is 1. The minimum Gasteiger partial charge on any atom is -0.321 e. The van der Waals surface area contributed by atoms with Crippen molar-refractivity contribution in [1.82, 2.24) is 0 Å². The third-order valence-corrected chi connectivity index (χ3v) is 3.86. The molecule has 0 fully saturated rings. The van der Waals surface area contributed by atoms with Crippen LogP contribution in [0.25, 0.3) is 6.08 Å². The molecule has 0 heterocycles. The number of carbonyl (C=O) groups excluding carboxylic acids is 1. The van der Waals surface area contributed by atoms with Crippen LogP contribution in [0.5, 0.6) is 0 Å². The molecule has 2 aromatic rings. The van der Waals surface area contributed by atoms with Crippen LogP contribution in [0, 0.1) is 10.1 Å². The van der Waals surface area contributed by atoms with Crippen LogP contribution in [0.4, 0.5) is 11.4 Å². The maximum Gasteiger partial charge on any atom is 0.271 e. The maximum atomic E-state index is 11.9. The predicted octanol–water partition coefficient (Wildman–Crippen LogP) is 5.21. The van der Waals surface area contributed by atoms with E-state index in [-0.39, 0.29) is 16.4 Å². The van der Waals surface area contributed by atoms with E-state index < -0.39 is 10.8 Å². The number of amides is 1. The SMILES string of the molecule is O=C(C=Cc1ccc(Cl)c(Cl)c1)Nc1cc([N+](=O)[O-])ccc1Cl. The van der Waals surface area contributed by atoms with Crippen molar-refractivity contribution in [3.8, 4) is 0 Å². The lowest BCUT2D eigenvalue weighted by molar-refractivity contribution is -0.384. The average molecular weight is 372 g/mol. The molecule has 23 heavy (non-hydrogen) atoms. The molecule has 1 N–H and O–H groups in total. The first-order chi connectivity index (χ1) is 10.9. The summed E-state index contributed by atoms with van der Waals surface area (Å²) in [5.41, 5.74) is 0.669. The molecule has 0 aliphatic rings. The molecule has 1 amide bonds. The van der Waals surface area contributed by atoms with Crippen molar-refractivity contribution < 1.29 is 9.72 Å². The Hall–Kier alpha value is -2.08. The standard InChI is InChI=1S/C15H9Cl3N2O3/c16-11-4-1-9(7-13(11)18)2-6-15(21)19-14-8-10(20(22)23)3-5-12(14)17/h1-8H,(H,19,21). The third-order valence-electron chi connectivity index (χ3n) is 2.79. The summed E-state index contributed by atoms with van der Waals surface area (Å²) in [6, 6.07) is 8.69. The van der Waals surface area contributed by atoms with Crippen molar-refractivity contribution in [2.45, 2.75) is 0 Å². The van der Waals surface area contributed by atoms with Crippen LogP contribution >= 0.6 is 34.8 Å². The lowest BCUT2D eigenvalue weighted by atomic mass is 10.2. The molecule has 0 spiro atoms. The largest absolute Gasteiger partial charge is 0.321 e. The summed E-state index contributed by atoms with van der Waals surface area (Å²) in [5, 5.41) is 14.2. The molecule has 0 aliphatic heterocycles. The molecule has 8 heteroatoms. The van der Waals surface area contributed by atoms with Gasteiger partial charge in [0.1, 0.15) is 0 Å². The fourth-order valence-corrected chi connectivity index (χ4v) is 2.16. The zero-order chi connectivity index (χ0) is 17.0. The summed E-state index contributed by atoms with van der Waals surface area (Å²) in [4.78, 5) is 22.0. The van der Waals surface area contributed by atoms with Gasteiger partial charge in [-0.25, -0.2) is 0 Å². The van der Waals surface area contributed by atoms with Crippen LogP contribution in [0.3, 0.4) is 0 Å². The first-order valence-electron chi connectivity index (χ1n) is 6.25. The van der Waals surface area contributed by atoms with Crippen molar-refractivity contribution in [1.29, 1.82) is 0 Å². The van der Waals surface area contributed by atoms with E-state index in [0.29, 0.717) is 15.6 Å². The number of halogens is 3. The number of nitro benzene ring substituents is 1. The van der Waals surface area contributed by atoms with E-state index in [1.54, 1.807) is 18.2 Å². The van der Waals surface area contributed by atoms with Gasteiger partial charge in [0.15, 0.2) is 0 Å². The molecule has 0 aromatic heterocycles. The normalized spacial score (nSPS) is 10.7. The Morgan fingerprint density at radius 2 is 1.74 bits per heavy atom. The summed E-state index contributed by atoms with van der Waals surface area (Å²) in [6.07, 6.45) is 2.79. The molecule has 2 aromatic carbocycles. The number of nitrogens with zero attached hydrogens (tertiary/aromatic N) is 1. The minimum absolute atomic E-state index is 0.157. The smallest absolute Gasteiger partial charge is 0.271 e. The Bertz CT molecular complexity index is 807. The van der Waals surface area contributed by atoms with Crippen LogP contribution in [0.1, 0.15) is 5.56 Å². The zero-order valence-electron chi connectivity index (χ0n) is 11.4. The number of nitrogens with one attached hydrogen (secondary N) is 1. The van der Waals surface area contributed by atoms with E-state index in [2.05, 4.69) is 5.32 Å². The molecule has 0 radical (unpaired) electrons. The first-order valence-corrected chi connectivity index (χ1v) is 7.38. The highest BCUT2D eigenvalue weighted by atomic mass is 35.5. The maximum absolute atomic E-state index is 11.9. The molecule has 5 nitrogen and oxygen atoms in total. The van der Waals surface area contributed by atoms with Crippen LogP contribution in [0.15, 0.2) is 42.5 Å². The number of hydrogen-bond donors (Lipinski definition) is 1. The molecule has 2 rings (SSSR count). The quantitative estimate of drug-likeness (QED) is 0.456. The summed E-state index contributed by atoms with van der Waals surface area (Å²) in [7, 11) is 0. The van der Waals surface area contributed by atoms with Crippen molar-refractivity contribution in [3.63, 3.8) is 0 Å². The monoisotopic (exact) mass is 370 g/mol. The highest BCUT2D eigenvalue weighted by molar-refractivity contribution is 6.42. The Kier molecular flexibility index (Phi) is 5.60. The van der Waals surface area contributed by atoms with E-state index in [0.717, 1.165) is 0 Å². The van der Waals surface area contributed by atoms with Crippen LogP contribution in [0.2, 0.25) is 15.1 Å². The van der Waals surface area contributed by atoms with Gasteiger partial charge in [-0.15, -0.1) is 0 Å². The first kappa shape index (κ1) is 17.3. The average Bonchev–Trinajstić information content (AvgIpc) is 2.50. The van der Waals surface area contributed by atoms with Gasteiger partial charge in [-0.3, -0.25) is 14.9 Å². The zero-order valence-corrected chi connectivity index (χ0v) is 13.7. The van der Waals surface area contributed by atoms with E-state index in [1.807, 2.05) is 0 Å². The fraction of sp³-hybridized carbons (Fsp3) is 0. The van der Waals surface area contributed by atoms with Crippen molar-refractivity contribution in [2.75, 3.05) is 5.32 Å². The van der Waals surface area contributed by atoms with Gasteiger partial charge in [0.2, 0.25) is 5.91 Å². The van der Waals surface area contributed by atoms with Gasteiger partial charge in [-0.05, 0) is 29.8 Å². The van der Waals surface area contributed by atoms with E-state index in [1.165, 1.54) is 30.4 Å². The third kappa shape index (κ3) is 4.69. The van der Waals surface area contributed by atoms with Crippen LogP contribution in [-0.4, -0.2) is 10.8 Å². The Morgan fingerprint density at radius 1 is 1.04 bits per heavy atom. The van der Waals surface area contributed by atoms with Gasteiger partial charge >= 0.3 is 0 Å². The number of benzene rings is 2. The van der Waals surface area contributed by atoms with Gasteiger partial charge in [-0.1, -0.05) is 40.9 Å². The molecule has 0 unspecified atom stereocenters. The van der Waals surface area contributed by atoms with Gasteiger partial charge in [0.05, 0.1) is 25.7 Å². The van der Waals surface area contributed by atoms with Gasteiger partial charge in [0.25, 0.3) is 5.69 Å². The Balaban J connectivity index is 2.13. The topological polar surface area (TPSA) is 72.2 Å². The summed E-state index contributed by atoms with van der Waals surface area (Å²) in [6.45, 7) is 0. The number of rotatable bonds is 4. The number of non-ortho nitro benzene ring substituents is 1. The van der Waals surface area contributed by atoms with Crippen LogP contribution in [-0.2, 0) is 4.79 Å². The van der Waals surface area contributed by atoms with Crippen molar-refractivity contribution in [2.24, 2.45) is 0 Å². The molecular weight excluding hydrogens is 363 g/mol. The highest BCUT2D eigenvalue weighted by Crippen LogP contribution is 2.27. The van der Waals surface area contributed by atoms with E-state index >= 15 is 0 Å². The van der Waals surface area contributed by atoms with Crippen molar-refractivity contribution >= 4 is 58.2 Å². The molecule has 0 saturated carbocycles. The lowest BCUT2D eigenvalue weighted by Gasteiger charge is -2.04. The van der Waals surface area contributed by atoms with E-state index in [4.69, 9.17) is 34.8 Å². The molecule has 0 atom stereocenters. The predicted molar refractivity (Wildman–Crippen MR) is 92.2 cm³/mol. The van der Waals surface area contributed by atoms with Gasteiger partial charge < -0.3 is 5.32 Å². The Morgan fingerprint density at radius 3 is 2.39 bits per heavy atom. The summed E-state index contributed by atoms with van der Waals surface area (Å²) < 4.78 is 0. The van der Waals surface area contributed by atoms with E-state index in [9.17, 15) is 14.9 Å². The second kappa shape index (κ2) is 7.46. The van der Waals surface area contributed by atoms with Gasteiger partial charge in [-0.2, -0.15) is 0 Å². The minimum atomic E-state index is -0.572. The fourth-order valence-electron chi connectivity index (χ4n) is 1.68. The second-order valence-corrected chi connectivity index (χ2v) is 5.64. The van der Waals surface area contributed by atoms with Gasteiger partial charge in [0, 0.05) is 18.2 Å². The lowest BCUT2D eigenvalue weighted by Crippen LogP contribution is -2.08. The molecule has 118 valence electrons. The molecule has 0 aliphatic carbocycles. The summed E-state index contributed by atoms with van der Waals surface area (Å²) >= 11 is 17.6. The van der Waals surface area contributed by atoms with Crippen molar-refractivity contribution in [3.05, 3.63) is 73.2 Å². The summed E-state index contributed by atoms with van der Waals surface area (Å²) in [5.74, 6) is -0.488. The Labute approximate surface area is 146 Å². The molecule has 0 saturated heterocycles. The highest BCUT2D eigenvalue weighted by Gasteiger charge is 2.11. The number of nitro groups is 1. The number of hydrogen-bond acceptors (Lipinski definition) is 3. The number of anilines is 1. The molecular formula is C15H9Cl3N2O3. The molecule has 0 bridgehead atoms. The van der Waals surface area contributed by atoms with Crippen LogP contribution < -0.4 is 5.32 Å².